The third-order valence-electron chi connectivity index (χ3n) is 22.3. The van der Waals surface area contributed by atoms with Crippen LogP contribution in [0.5, 0.6) is 0 Å². The molecule has 0 saturated carbocycles. The zero-order valence-corrected chi connectivity index (χ0v) is 62.9. The molecule has 22 aromatic rings. The van der Waals surface area contributed by atoms with Crippen LogP contribution in [-0.2, 0) is 6.61 Å². The van der Waals surface area contributed by atoms with Crippen molar-refractivity contribution in [3.05, 3.63) is 448 Å². The second-order valence-corrected chi connectivity index (χ2v) is 29.2. The molecule has 548 valence electrons. The molecule has 0 amide bonds. The van der Waals surface area contributed by atoms with Gasteiger partial charge in [0.05, 0.1) is 60.3 Å². The maximum absolute atomic E-state index is 10.1. The summed E-state index contributed by atoms with van der Waals surface area (Å²) in [5, 5.41) is 17.0. The molecule has 4 heterocycles. The Hall–Kier alpha value is -15.3. The zero-order chi connectivity index (χ0) is 83.1. The molecule has 7 heteroatoms. The van der Waals surface area contributed by atoms with Gasteiger partial charge in [-0.25, -0.2) is 0 Å². The molecule has 22 rings (SSSR count). The van der Waals surface area contributed by atoms with Crippen LogP contribution in [-0.4, -0.2) is 23.4 Å². The number of benzene rings is 18. The first-order valence-electron chi connectivity index (χ1n) is 42.6. The van der Waals surface area contributed by atoms with Gasteiger partial charge in [0.25, 0.3) is 0 Å². The summed E-state index contributed by atoms with van der Waals surface area (Å²) >= 11 is 0. The highest BCUT2D eigenvalue weighted by Crippen LogP contribution is 2.45. The van der Waals surface area contributed by atoms with Gasteiger partial charge in [-0.1, -0.05) is 230 Å². The van der Waals surface area contributed by atoms with Gasteiger partial charge in [0, 0.05) is 100.0 Å². The number of aromatic nitrogens is 4. The first kappa shape index (κ1) is 61.4. The lowest BCUT2D eigenvalue weighted by atomic mass is 9.98. The largest absolute Gasteiger partial charge is 0.392 e. The van der Waals surface area contributed by atoms with E-state index in [1.807, 2.05) is 97.1 Å². The molecule has 0 fully saturated rings. The molecule has 0 unspecified atom stereocenters. The van der Waals surface area contributed by atoms with E-state index in [2.05, 4.69) is 315 Å². The maximum atomic E-state index is 10.1. The summed E-state index contributed by atoms with van der Waals surface area (Å²) in [6.45, 7) is 0.000374. The molecule has 0 aliphatic heterocycles. The van der Waals surface area contributed by atoms with Gasteiger partial charge < -0.3 is 33.2 Å². The predicted octanol–water partition coefficient (Wildman–Crippen LogP) is 28.9. The minimum atomic E-state index is -0.420. The molecule has 0 aliphatic carbocycles. The maximum Gasteiger partial charge on any atom is 0.0682 e. The molecule has 0 spiro atoms. The number of hydrogen-bond acceptors (Lipinski definition) is 3. The lowest BCUT2D eigenvalue weighted by Gasteiger charge is -2.26. The van der Waals surface area contributed by atoms with E-state index in [-0.39, 0.29) is 64.2 Å². The number of fused-ring (bicyclic) bond motifs is 12. The monoisotopic (exact) mass is 1490 g/mol. The smallest absolute Gasteiger partial charge is 0.0682 e. The molecular formula is C109H76N6O. The number of nitrogens with zero attached hydrogens (tertiary/aromatic N) is 6. The van der Waals surface area contributed by atoms with Crippen LogP contribution in [0.15, 0.2) is 443 Å². The summed E-state index contributed by atoms with van der Waals surface area (Å²) < 4.78 is 72.7. The standard InChI is InChI=1S/C55H39N3O.C54H37N3/c59-37-38-24-28-52-48(32-38)49-35-41(26-30-53(49)57(52)45-19-9-3-10-20-45)42-27-31-55-51(36-42)50-34-40(25-29-54(50)58(55)46-21-11-4-12-22-46)39-14-13-23-47(33-39)56(43-15-5-1-6-16-43)44-17-7-2-8-18-44;1-5-17-42(18-6-1)55(43-19-7-2-8-20-43)46-25-15-16-38(34-46)39-28-32-53-49(36-39)50-37-41(30-33-54(50)57(53)45-23-11-4-12-24-45)40-29-31-52-48(35-40)47-26-13-14-27-51(47)56(52)44-21-9-3-10-22-44/h1-36,59H,37H2;1-37H/i;13D,14D,26D,27D,29D,31D,35D. The lowest BCUT2D eigenvalue weighted by Crippen LogP contribution is -2.09. The van der Waals surface area contributed by atoms with Crippen LogP contribution < -0.4 is 9.80 Å². The Morgan fingerprint density at radius 3 is 0.828 bits per heavy atom. The Labute approximate surface area is 682 Å². The van der Waals surface area contributed by atoms with Crippen LogP contribution in [0.4, 0.5) is 34.1 Å². The molecule has 7 nitrogen and oxygen atoms in total. The normalized spacial score (nSPS) is 12.4. The fourth-order valence-corrected chi connectivity index (χ4v) is 17.0. The Morgan fingerprint density at radius 1 is 0.207 bits per heavy atom. The van der Waals surface area contributed by atoms with E-state index >= 15 is 0 Å². The highest BCUT2D eigenvalue weighted by atomic mass is 16.3. The van der Waals surface area contributed by atoms with E-state index in [4.69, 9.17) is 5.48 Å². The molecule has 0 atom stereocenters. The van der Waals surface area contributed by atoms with Gasteiger partial charge in [0.15, 0.2) is 0 Å². The Morgan fingerprint density at radius 2 is 0.483 bits per heavy atom. The average molecular weight is 1490 g/mol. The number of anilines is 6. The quantitative estimate of drug-likeness (QED) is 0.111. The van der Waals surface area contributed by atoms with Crippen LogP contribution >= 0.6 is 0 Å². The van der Waals surface area contributed by atoms with Crippen molar-refractivity contribution in [2.75, 3.05) is 9.80 Å². The van der Waals surface area contributed by atoms with Crippen molar-refractivity contribution < 1.29 is 14.7 Å². The van der Waals surface area contributed by atoms with Crippen LogP contribution in [0.2, 0.25) is 0 Å². The first-order chi connectivity index (χ1) is 60.4. The van der Waals surface area contributed by atoms with Crippen molar-refractivity contribution in [1.82, 2.24) is 18.3 Å². The van der Waals surface area contributed by atoms with Crippen LogP contribution in [0.3, 0.4) is 0 Å². The third kappa shape index (κ3) is 12.3. The number of para-hydroxylation sites is 9. The predicted molar refractivity (Wildman–Crippen MR) is 487 cm³/mol. The van der Waals surface area contributed by atoms with Crippen LogP contribution in [0.1, 0.15) is 15.2 Å². The molecule has 4 aromatic heterocycles. The first-order valence-corrected chi connectivity index (χ1v) is 39.1. The van der Waals surface area contributed by atoms with E-state index in [9.17, 15) is 9.22 Å². The molecule has 0 bridgehead atoms. The SMILES string of the molecule is OCc1ccc2c(c1)c1cc(-c3ccc4c(c3)c3cc(-c5cccc(N(c6ccccc6)c6ccccc6)c5)ccc3n4-c3ccccc3)ccc1n2-c1ccccc1.[2H]c1c([2H])c([2H])c2c(c1[2H])c1c([2H])c(-c3ccc4c(c3)c3cc(-c5cccc(N(c6ccccc6)c6ccccc6)c5)ccc3n4-c3ccccc3)c([2H])c([2H])c1n2-c1ccccc1. The van der Waals surface area contributed by atoms with Gasteiger partial charge in [0.2, 0.25) is 0 Å². The number of hydrogen-bond donors (Lipinski definition) is 1. The van der Waals surface area contributed by atoms with Crippen molar-refractivity contribution in [2.24, 2.45) is 0 Å². The fourth-order valence-electron chi connectivity index (χ4n) is 17.0. The zero-order valence-electron chi connectivity index (χ0n) is 69.9. The number of aliphatic hydroxyl groups excluding tert-OH is 1. The molecule has 0 saturated heterocycles. The van der Waals surface area contributed by atoms with Gasteiger partial charge >= 0.3 is 0 Å². The summed E-state index contributed by atoms with van der Waals surface area (Å²) in [6.07, 6.45) is 0. The van der Waals surface area contributed by atoms with E-state index in [0.29, 0.717) is 11.3 Å². The van der Waals surface area contributed by atoms with E-state index < -0.39 is 12.1 Å². The molecule has 18 aromatic carbocycles. The topological polar surface area (TPSA) is 46.4 Å². The molecular weight excluding hydrogens is 1410 g/mol. The van der Waals surface area contributed by atoms with Gasteiger partial charge in [-0.15, -0.1) is 0 Å². The Bertz CT molecular complexity index is 7780. The summed E-state index contributed by atoms with van der Waals surface area (Å²) in [5.41, 5.74) is 25.4. The Kier molecular flexibility index (Phi) is 15.6. The summed E-state index contributed by atoms with van der Waals surface area (Å²) in [4.78, 5) is 4.56. The molecule has 116 heavy (non-hydrogen) atoms. The third-order valence-corrected chi connectivity index (χ3v) is 22.3. The number of aliphatic hydroxyl groups is 1. The van der Waals surface area contributed by atoms with E-state index in [0.717, 1.165) is 145 Å². The van der Waals surface area contributed by atoms with Gasteiger partial charge in [-0.3, -0.25) is 0 Å². The van der Waals surface area contributed by atoms with E-state index in [1.165, 1.54) is 10.8 Å². The minimum absolute atomic E-state index is 0.000374. The second kappa shape index (κ2) is 29.4. The number of rotatable bonds is 15. The minimum Gasteiger partial charge on any atom is -0.392 e. The van der Waals surface area contributed by atoms with Crippen molar-refractivity contribution in [1.29, 1.82) is 0 Å². The summed E-state index contributed by atoms with van der Waals surface area (Å²) in [5.74, 6) is 0. The molecule has 0 radical (unpaired) electrons. The van der Waals surface area contributed by atoms with Gasteiger partial charge in [-0.2, -0.15) is 0 Å². The highest BCUT2D eigenvalue weighted by Gasteiger charge is 2.23. The lowest BCUT2D eigenvalue weighted by molar-refractivity contribution is 0.282. The molecule has 0 aliphatic rings. The van der Waals surface area contributed by atoms with Gasteiger partial charge in [-0.05, 0) is 262 Å². The van der Waals surface area contributed by atoms with Crippen molar-refractivity contribution >= 4 is 121 Å². The summed E-state index contributed by atoms with van der Waals surface area (Å²) in [6, 6.07) is 137. The van der Waals surface area contributed by atoms with Crippen LogP contribution in [0.25, 0.3) is 154 Å². The second-order valence-electron chi connectivity index (χ2n) is 29.2. The van der Waals surface area contributed by atoms with Crippen LogP contribution in [0, 0.1) is 0 Å². The summed E-state index contributed by atoms with van der Waals surface area (Å²) in [7, 11) is 0. The van der Waals surface area contributed by atoms with Crippen molar-refractivity contribution in [3.63, 3.8) is 0 Å². The van der Waals surface area contributed by atoms with Gasteiger partial charge in [0.1, 0.15) is 0 Å². The molecule has 1 N–H and O–H groups in total. The Balaban J connectivity index is 0.000000152. The average Bonchev–Trinajstić information content (AvgIpc) is 1.54. The van der Waals surface area contributed by atoms with Crippen molar-refractivity contribution in [2.45, 2.75) is 6.61 Å². The van der Waals surface area contributed by atoms with Crippen molar-refractivity contribution in [3.8, 4) is 67.3 Å². The van der Waals surface area contributed by atoms with E-state index in [1.54, 1.807) is 16.7 Å². The highest BCUT2D eigenvalue weighted by molar-refractivity contribution is 6.16. The fraction of sp³-hybridized carbons (Fsp3) is 0.00917.